The Kier molecular flexibility index (Phi) is 6.12. The zero-order valence-corrected chi connectivity index (χ0v) is 15.9. The second-order valence-electron chi connectivity index (χ2n) is 7.25. The Balaban J connectivity index is 1.70. The molecule has 0 aliphatic carbocycles. The molecule has 0 spiro atoms. The lowest BCUT2D eigenvalue weighted by molar-refractivity contribution is -0.00122. The zero-order chi connectivity index (χ0) is 17.8. The number of hydrogen-bond donors (Lipinski definition) is 0. The lowest BCUT2D eigenvalue weighted by Crippen LogP contribution is -2.52. The van der Waals surface area contributed by atoms with Crippen LogP contribution in [0, 0.1) is 6.92 Å². The summed E-state index contributed by atoms with van der Waals surface area (Å²) in [6, 6.07) is 0.847. The number of ether oxygens (including phenoxy) is 1. The third-order valence-electron chi connectivity index (χ3n) is 5.81. The molecule has 0 bridgehead atoms. The van der Waals surface area contributed by atoms with Crippen LogP contribution in [0.4, 0.5) is 0 Å². The summed E-state index contributed by atoms with van der Waals surface area (Å²) in [6.07, 6.45) is 6.10. The highest BCUT2D eigenvalue weighted by Gasteiger charge is 2.30. The first-order valence-electron chi connectivity index (χ1n) is 9.80. The molecule has 6 nitrogen and oxygen atoms in total. The van der Waals surface area contributed by atoms with Crippen LogP contribution in [0.1, 0.15) is 61.6 Å². The Bertz CT molecular complexity index is 576. The number of nitrogens with zero attached hydrogens (tertiary/aromatic N) is 4. The third-order valence-corrected chi connectivity index (χ3v) is 5.81. The quantitative estimate of drug-likeness (QED) is 0.820. The lowest BCUT2D eigenvalue weighted by atomic mass is 10.0. The molecular formula is C19H32N4O2. The number of rotatable bonds is 5. The number of aromatic nitrogens is 2. The van der Waals surface area contributed by atoms with Gasteiger partial charge in [0.2, 0.25) is 0 Å². The van der Waals surface area contributed by atoms with Gasteiger partial charge in [0.05, 0.1) is 31.0 Å². The molecule has 1 aromatic rings. The Hall–Kier alpha value is -1.40. The van der Waals surface area contributed by atoms with Crippen molar-refractivity contribution in [1.29, 1.82) is 0 Å². The molecule has 2 aliphatic rings. The molecule has 25 heavy (non-hydrogen) atoms. The summed E-state index contributed by atoms with van der Waals surface area (Å²) in [7, 11) is 0. The molecule has 0 unspecified atom stereocenters. The van der Waals surface area contributed by atoms with Gasteiger partial charge < -0.3 is 9.64 Å². The van der Waals surface area contributed by atoms with E-state index in [4.69, 9.17) is 4.74 Å². The first-order valence-corrected chi connectivity index (χ1v) is 9.80. The van der Waals surface area contributed by atoms with Crippen LogP contribution in [0.5, 0.6) is 0 Å². The van der Waals surface area contributed by atoms with Gasteiger partial charge in [-0.15, -0.1) is 0 Å². The van der Waals surface area contributed by atoms with Crippen molar-refractivity contribution in [3.8, 4) is 0 Å². The maximum absolute atomic E-state index is 13.1. The second-order valence-corrected chi connectivity index (χ2v) is 7.25. The molecule has 0 aromatic carbocycles. The first-order chi connectivity index (χ1) is 12.2. The van der Waals surface area contributed by atoms with E-state index in [-0.39, 0.29) is 5.91 Å². The lowest BCUT2D eigenvalue weighted by Gasteiger charge is -2.40. The van der Waals surface area contributed by atoms with Crippen molar-refractivity contribution in [2.45, 2.75) is 58.5 Å². The van der Waals surface area contributed by atoms with Crippen LogP contribution in [0.15, 0.2) is 6.20 Å². The Morgan fingerprint density at radius 2 is 2.00 bits per heavy atom. The van der Waals surface area contributed by atoms with Crippen molar-refractivity contribution in [3.05, 3.63) is 17.5 Å². The number of piperidine rings is 1. The standard InChI is InChI=1S/C19H32N4O2/c1-4-16(5-2)23-15(3)18(13-20-23)19(24)22-8-6-7-17(14-22)21-9-11-25-12-10-21/h13,16-17H,4-12,14H2,1-3H3/t17-/m1/s1. The van der Waals surface area contributed by atoms with Gasteiger partial charge >= 0.3 is 0 Å². The van der Waals surface area contributed by atoms with E-state index in [0.717, 1.165) is 69.9 Å². The normalized spacial score (nSPS) is 22.6. The average Bonchev–Trinajstić information content (AvgIpc) is 3.04. The first kappa shape index (κ1) is 18.4. The predicted molar refractivity (Wildman–Crippen MR) is 97.9 cm³/mol. The van der Waals surface area contributed by atoms with Gasteiger partial charge in [-0.05, 0) is 32.6 Å². The van der Waals surface area contributed by atoms with Gasteiger partial charge in [-0.1, -0.05) is 13.8 Å². The largest absolute Gasteiger partial charge is 0.379 e. The summed E-state index contributed by atoms with van der Waals surface area (Å²) >= 11 is 0. The monoisotopic (exact) mass is 348 g/mol. The van der Waals surface area contributed by atoms with Crippen molar-refractivity contribution in [2.75, 3.05) is 39.4 Å². The van der Waals surface area contributed by atoms with Crippen LogP contribution in [-0.4, -0.2) is 70.9 Å². The summed E-state index contributed by atoms with van der Waals surface area (Å²) in [6.45, 7) is 11.7. The van der Waals surface area contributed by atoms with E-state index in [1.54, 1.807) is 6.20 Å². The van der Waals surface area contributed by atoms with Crippen molar-refractivity contribution >= 4 is 5.91 Å². The second kappa shape index (κ2) is 8.32. The van der Waals surface area contributed by atoms with Gasteiger partial charge in [-0.25, -0.2) is 0 Å². The fourth-order valence-corrected chi connectivity index (χ4v) is 4.19. The topological polar surface area (TPSA) is 50.6 Å². The minimum atomic E-state index is 0.146. The average molecular weight is 348 g/mol. The number of amides is 1. The van der Waals surface area contributed by atoms with E-state index < -0.39 is 0 Å². The van der Waals surface area contributed by atoms with Crippen molar-refractivity contribution in [3.63, 3.8) is 0 Å². The minimum Gasteiger partial charge on any atom is -0.379 e. The molecule has 1 atom stereocenters. The van der Waals surface area contributed by atoms with Gasteiger partial charge in [0, 0.05) is 37.9 Å². The Morgan fingerprint density at radius 1 is 1.28 bits per heavy atom. The van der Waals surface area contributed by atoms with E-state index in [0.29, 0.717) is 12.1 Å². The van der Waals surface area contributed by atoms with Crippen LogP contribution in [0.2, 0.25) is 0 Å². The van der Waals surface area contributed by atoms with Crippen LogP contribution < -0.4 is 0 Å². The van der Waals surface area contributed by atoms with Crippen molar-refractivity contribution in [1.82, 2.24) is 19.6 Å². The third kappa shape index (κ3) is 3.90. The molecule has 0 radical (unpaired) electrons. The van der Waals surface area contributed by atoms with E-state index in [2.05, 4.69) is 23.8 Å². The van der Waals surface area contributed by atoms with E-state index >= 15 is 0 Å². The summed E-state index contributed by atoms with van der Waals surface area (Å²) in [4.78, 5) is 17.6. The Labute approximate surface area is 151 Å². The minimum absolute atomic E-state index is 0.146. The maximum atomic E-state index is 13.1. The SMILES string of the molecule is CCC(CC)n1ncc(C(=O)N2CCC[C@@H](N3CCOCC3)C2)c1C. The van der Waals surface area contributed by atoms with Crippen molar-refractivity contribution < 1.29 is 9.53 Å². The van der Waals surface area contributed by atoms with E-state index in [9.17, 15) is 4.79 Å². The van der Waals surface area contributed by atoms with Crippen LogP contribution in [0.3, 0.4) is 0 Å². The summed E-state index contributed by atoms with van der Waals surface area (Å²) in [5.41, 5.74) is 1.78. The smallest absolute Gasteiger partial charge is 0.257 e. The van der Waals surface area contributed by atoms with Crippen LogP contribution >= 0.6 is 0 Å². The molecule has 2 aliphatic heterocycles. The van der Waals surface area contributed by atoms with E-state index in [1.807, 2.05) is 16.5 Å². The summed E-state index contributed by atoms with van der Waals surface area (Å²) < 4.78 is 7.50. The molecule has 140 valence electrons. The summed E-state index contributed by atoms with van der Waals surface area (Å²) in [5, 5.41) is 4.52. The van der Waals surface area contributed by atoms with Gasteiger partial charge in [0.15, 0.2) is 0 Å². The van der Waals surface area contributed by atoms with Crippen LogP contribution in [-0.2, 0) is 4.74 Å². The highest BCUT2D eigenvalue weighted by Crippen LogP contribution is 2.23. The van der Waals surface area contributed by atoms with Crippen molar-refractivity contribution in [2.24, 2.45) is 0 Å². The molecule has 2 fully saturated rings. The number of morpholine rings is 1. The molecule has 1 amide bonds. The van der Waals surface area contributed by atoms with Crippen LogP contribution in [0.25, 0.3) is 0 Å². The molecule has 2 saturated heterocycles. The van der Waals surface area contributed by atoms with Gasteiger partial charge in [0.25, 0.3) is 5.91 Å². The van der Waals surface area contributed by atoms with E-state index in [1.165, 1.54) is 6.42 Å². The molecular weight excluding hydrogens is 316 g/mol. The predicted octanol–water partition coefficient (Wildman–Crippen LogP) is 2.49. The number of likely N-dealkylation sites (tertiary alicyclic amines) is 1. The molecule has 6 heteroatoms. The Morgan fingerprint density at radius 3 is 2.68 bits per heavy atom. The zero-order valence-electron chi connectivity index (χ0n) is 15.9. The van der Waals surface area contributed by atoms with Gasteiger partial charge in [-0.3, -0.25) is 14.4 Å². The van der Waals surface area contributed by atoms with Gasteiger partial charge in [0.1, 0.15) is 0 Å². The fraction of sp³-hybridized carbons (Fsp3) is 0.789. The molecule has 3 heterocycles. The number of carbonyl (C=O) groups is 1. The number of carbonyl (C=O) groups excluding carboxylic acids is 1. The highest BCUT2D eigenvalue weighted by atomic mass is 16.5. The summed E-state index contributed by atoms with van der Waals surface area (Å²) in [5.74, 6) is 0.146. The molecule has 1 aromatic heterocycles. The molecule has 0 N–H and O–H groups in total. The fourth-order valence-electron chi connectivity index (χ4n) is 4.19. The number of hydrogen-bond acceptors (Lipinski definition) is 4. The highest BCUT2D eigenvalue weighted by molar-refractivity contribution is 5.95. The molecule has 3 rings (SSSR count). The molecule has 0 saturated carbocycles. The van der Waals surface area contributed by atoms with Gasteiger partial charge in [-0.2, -0.15) is 5.10 Å². The maximum Gasteiger partial charge on any atom is 0.257 e.